The molecule has 3 nitrogen and oxygen atoms in total. The van der Waals surface area contributed by atoms with E-state index in [4.69, 9.17) is 0 Å². The van der Waals surface area contributed by atoms with Crippen molar-refractivity contribution in [1.29, 1.82) is 0 Å². The van der Waals surface area contributed by atoms with Crippen LogP contribution in [-0.4, -0.2) is 5.91 Å². The average Bonchev–Trinajstić information content (AvgIpc) is 2.42. The van der Waals surface area contributed by atoms with E-state index in [1.807, 2.05) is 38.1 Å². The van der Waals surface area contributed by atoms with Crippen molar-refractivity contribution in [3.8, 4) is 0 Å². The molecule has 2 aromatic rings. The van der Waals surface area contributed by atoms with Crippen molar-refractivity contribution >= 4 is 17.3 Å². The third-order valence-electron chi connectivity index (χ3n) is 3.20. The number of rotatable bonds is 4. The fourth-order valence-electron chi connectivity index (χ4n) is 2.16. The zero-order valence-corrected chi connectivity index (χ0v) is 12.4. The Morgan fingerprint density at radius 1 is 1.19 bits per heavy atom. The van der Waals surface area contributed by atoms with E-state index >= 15 is 0 Å². The van der Waals surface area contributed by atoms with Crippen LogP contribution in [0.15, 0.2) is 42.5 Å². The highest BCUT2D eigenvalue weighted by molar-refractivity contribution is 5.88. The van der Waals surface area contributed by atoms with Gasteiger partial charge in [0.15, 0.2) is 0 Å². The summed E-state index contributed by atoms with van der Waals surface area (Å²) in [6.07, 6.45) is 0. The van der Waals surface area contributed by atoms with Gasteiger partial charge in [-0.1, -0.05) is 18.2 Å². The fourth-order valence-corrected chi connectivity index (χ4v) is 2.16. The van der Waals surface area contributed by atoms with Crippen molar-refractivity contribution < 1.29 is 9.18 Å². The van der Waals surface area contributed by atoms with E-state index in [0.717, 1.165) is 16.8 Å². The zero-order chi connectivity index (χ0) is 15.4. The number of carbonyl (C=O) groups is 1. The number of hydrogen-bond donors (Lipinski definition) is 2. The lowest BCUT2D eigenvalue weighted by molar-refractivity contribution is -0.114. The zero-order valence-electron chi connectivity index (χ0n) is 12.4. The molecule has 0 radical (unpaired) electrons. The summed E-state index contributed by atoms with van der Waals surface area (Å²) in [6.45, 7) is 5.35. The highest BCUT2D eigenvalue weighted by Gasteiger charge is 2.09. The van der Waals surface area contributed by atoms with Gasteiger partial charge in [0.05, 0.1) is 5.69 Å². The lowest BCUT2D eigenvalue weighted by Gasteiger charge is -2.17. The molecule has 0 aliphatic heterocycles. The van der Waals surface area contributed by atoms with Crippen LogP contribution in [0.25, 0.3) is 0 Å². The average molecular weight is 286 g/mol. The fraction of sp³-hybridized carbons (Fsp3) is 0.235. The smallest absolute Gasteiger partial charge is 0.221 e. The highest BCUT2D eigenvalue weighted by atomic mass is 19.1. The first-order chi connectivity index (χ1) is 9.95. The minimum Gasteiger partial charge on any atom is -0.376 e. The lowest BCUT2D eigenvalue weighted by atomic mass is 10.1. The second-order valence-corrected chi connectivity index (χ2v) is 5.16. The number of hydrogen-bond acceptors (Lipinski definition) is 2. The third kappa shape index (κ3) is 4.05. The van der Waals surface area contributed by atoms with Crippen molar-refractivity contribution in [2.75, 3.05) is 10.6 Å². The number of benzene rings is 2. The van der Waals surface area contributed by atoms with E-state index in [1.54, 1.807) is 12.1 Å². The second-order valence-electron chi connectivity index (χ2n) is 5.16. The van der Waals surface area contributed by atoms with E-state index in [-0.39, 0.29) is 17.8 Å². The number of anilines is 2. The molecule has 2 rings (SSSR count). The van der Waals surface area contributed by atoms with Crippen molar-refractivity contribution in [2.45, 2.75) is 26.8 Å². The summed E-state index contributed by atoms with van der Waals surface area (Å²) < 4.78 is 13.8. The Bertz CT molecular complexity index is 655. The summed E-state index contributed by atoms with van der Waals surface area (Å²) in [7, 11) is 0. The number of halogens is 1. The van der Waals surface area contributed by atoms with E-state index in [0.29, 0.717) is 5.69 Å². The van der Waals surface area contributed by atoms with Gasteiger partial charge < -0.3 is 10.6 Å². The predicted molar refractivity (Wildman–Crippen MR) is 83.9 cm³/mol. The van der Waals surface area contributed by atoms with E-state index in [1.165, 1.54) is 13.0 Å². The summed E-state index contributed by atoms with van der Waals surface area (Å²) in [5, 5.41) is 5.90. The van der Waals surface area contributed by atoms with Crippen LogP contribution in [0.2, 0.25) is 0 Å². The summed E-state index contributed by atoms with van der Waals surface area (Å²) in [4.78, 5) is 11.1. The molecule has 0 aliphatic carbocycles. The van der Waals surface area contributed by atoms with Crippen molar-refractivity contribution in [1.82, 2.24) is 0 Å². The van der Waals surface area contributed by atoms with Crippen LogP contribution < -0.4 is 10.6 Å². The largest absolute Gasteiger partial charge is 0.376 e. The summed E-state index contributed by atoms with van der Waals surface area (Å²) in [5.74, 6) is -0.386. The summed E-state index contributed by atoms with van der Waals surface area (Å²) in [6, 6.07) is 12.4. The van der Waals surface area contributed by atoms with Crippen LogP contribution in [0, 0.1) is 12.7 Å². The predicted octanol–water partition coefficient (Wildman–Crippen LogP) is 4.27. The molecular formula is C17H19FN2O. The van der Waals surface area contributed by atoms with Gasteiger partial charge >= 0.3 is 0 Å². The van der Waals surface area contributed by atoms with Crippen LogP contribution in [0.5, 0.6) is 0 Å². The molecule has 2 N–H and O–H groups in total. The molecule has 4 heteroatoms. The Labute approximate surface area is 124 Å². The van der Waals surface area contributed by atoms with E-state index < -0.39 is 0 Å². The molecule has 0 fully saturated rings. The first-order valence-corrected chi connectivity index (χ1v) is 6.86. The lowest BCUT2D eigenvalue weighted by Crippen LogP contribution is -2.10. The Kier molecular flexibility index (Phi) is 4.58. The number of carbonyl (C=O) groups excluding carboxylic acids is 1. The minimum absolute atomic E-state index is 0.0741. The maximum atomic E-state index is 13.8. The van der Waals surface area contributed by atoms with Crippen molar-refractivity contribution in [2.24, 2.45) is 0 Å². The molecule has 110 valence electrons. The topological polar surface area (TPSA) is 41.1 Å². The van der Waals surface area contributed by atoms with Gasteiger partial charge in [-0.25, -0.2) is 4.39 Å². The van der Waals surface area contributed by atoms with Crippen LogP contribution in [0.4, 0.5) is 15.8 Å². The van der Waals surface area contributed by atoms with Gasteiger partial charge in [0.25, 0.3) is 0 Å². The minimum atomic E-state index is -0.273. The normalized spacial score (nSPS) is 11.8. The molecule has 0 spiro atoms. The van der Waals surface area contributed by atoms with Gasteiger partial charge in [-0.2, -0.15) is 0 Å². The number of nitrogens with one attached hydrogen (secondary N) is 2. The summed E-state index contributed by atoms with van der Waals surface area (Å²) >= 11 is 0. The molecule has 0 heterocycles. The number of aryl methyl sites for hydroxylation is 1. The van der Waals surface area contributed by atoms with Crippen LogP contribution >= 0.6 is 0 Å². The van der Waals surface area contributed by atoms with Gasteiger partial charge in [-0.05, 0) is 49.2 Å². The van der Waals surface area contributed by atoms with Crippen LogP contribution in [0.1, 0.15) is 31.0 Å². The van der Waals surface area contributed by atoms with Gasteiger partial charge in [0.1, 0.15) is 5.82 Å². The molecular weight excluding hydrogens is 267 g/mol. The monoisotopic (exact) mass is 286 g/mol. The Hall–Kier alpha value is -2.36. The van der Waals surface area contributed by atoms with Gasteiger partial charge in [-0.15, -0.1) is 0 Å². The summed E-state index contributed by atoms with van der Waals surface area (Å²) in [5.41, 5.74) is 3.19. The molecule has 1 amide bonds. The van der Waals surface area contributed by atoms with Gasteiger partial charge in [-0.3, -0.25) is 4.79 Å². The molecule has 0 aromatic heterocycles. The molecule has 2 aromatic carbocycles. The van der Waals surface area contributed by atoms with Gasteiger partial charge in [0, 0.05) is 18.7 Å². The van der Waals surface area contributed by atoms with Crippen LogP contribution in [0.3, 0.4) is 0 Å². The van der Waals surface area contributed by atoms with Crippen molar-refractivity contribution in [3.63, 3.8) is 0 Å². The van der Waals surface area contributed by atoms with Gasteiger partial charge in [0.2, 0.25) is 5.91 Å². The second kappa shape index (κ2) is 6.39. The first kappa shape index (κ1) is 15.0. The van der Waals surface area contributed by atoms with E-state index in [2.05, 4.69) is 10.6 Å². The first-order valence-electron chi connectivity index (χ1n) is 6.86. The van der Waals surface area contributed by atoms with Crippen molar-refractivity contribution in [3.05, 3.63) is 59.4 Å². The Morgan fingerprint density at radius 2 is 1.95 bits per heavy atom. The number of amides is 1. The molecule has 21 heavy (non-hydrogen) atoms. The maximum Gasteiger partial charge on any atom is 0.221 e. The standard InChI is InChI=1S/C17H19FN2O/c1-11-7-8-16(18)17(9-11)19-12(2)14-5-4-6-15(10-14)20-13(3)21/h4-10,12,19H,1-3H3,(H,20,21). The molecule has 0 aliphatic rings. The quantitative estimate of drug-likeness (QED) is 0.881. The van der Waals surface area contributed by atoms with E-state index in [9.17, 15) is 9.18 Å². The molecule has 0 saturated heterocycles. The molecule has 1 atom stereocenters. The highest BCUT2D eigenvalue weighted by Crippen LogP contribution is 2.24. The van der Waals surface area contributed by atoms with Crippen LogP contribution in [-0.2, 0) is 4.79 Å². The molecule has 1 unspecified atom stereocenters. The molecule has 0 saturated carbocycles. The molecule has 0 bridgehead atoms. The third-order valence-corrected chi connectivity index (χ3v) is 3.20. The maximum absolute atomic E-state index is 13.8. The Balaban J connectivity index is 2.18. The SMILES string of the molecule is CC(=O)Nc1cccc(C(C)Nc2cc(C)ccc2F)c1. The Morgan fingerprint density at radius 3 is 2.67 bits per heavy atom.